The van der Waals surface area contributed by atoms with Crippen LogP contribution in [0, 0.1) is 0 Å². The molecule has 0 aromatic carbocycles. The zero-order chi connectivity index (χ0) is 5.21. The van der Waals surface area contributed by atoms with Crippen LogP contribution in [-0.2, 0) is 0 Å². The fraction of sp³-hybridized carbons (Fsp3) is 1.00. The Bertz CT molecular complexity index is 38.5. The highest BCUT2D eigenvalue weighted by Crippen LogP contribution is 2.33. The minimum atomic E-state index is 0.118. The van der Waals surface area contributed by atoms with E-state index in [1.165, 1.54) is 0 Å². The second-order valence-corrected chi connectivity index (χ2v) is 12.3. The first-order valence-corrected chi connectivity index (χ1v) is 4.16. The van der Waals surface area contributed by atoms with Gasteiger partial charge < -0.3 is 0 Å². The topological polar surface area (TPSA) is 0 Å². The Morgan fingerprint density at radius 3 is 1.80 bits per heavy atom. The summed E-state index contributed by atoms with van der Waals surface area (Å²) in [7, 11) is 0. The van der Waals surface area contributed by atoms with E-state index in [0.717, 1.165) is 0 Å². The smallest absolute Gasteiger partial charge is 0.0557 e. The van der Waals surface area contributed by atoms with Crippen LogP contribution in [0.3, 0.4) is 0 Å². The minimum absolute atomic E-state index is 0.118. The first-order valence-electron chi connectivity index (χ1n) is 1.63. The number of alkyl halides is 3. The van der Waals surface area contributed by atoms with Gasteiger partial charge in [-0.25, -0.2) is 0 Å². The SMILES string of the molecule is [2H]CC(I)(I)I. The summed E-state index contributed by atoms with van der Waals surface area (Å²) in [4.78, 5) is 0. The minimum Gasteiger partial charge on any atom is -0.0557 e. The summed E-state index contributed by atoms with van der Waals surface area (Å²) in [6.07, 6.45) is 0. The maximum atomic E-state index is 6.83. The molecule has 3 heteroatoms. The molecule has 0 spiro atoms. The molecule has 0 aliphatic carbocycles. The predicted molar refractivity (Wildman–Crippen MR) is 50.5 cm³/mol. The molecular formula is C2H3I3. The van der Waals surface area contributed by atoms with Gasteiger partial charge in [-0.15, -0.1) is 0 Å². The van der Waals surface area contributed by atoms with Gasteiger partial charge in [0, 0.05) is 1.37 Å². The molecule has 0 N–H and O–H groups in total. The number of hydrogen-bond donors (Lipinski definition) is 0. The van der Waals surface area contributed by atoms with E-state index in [2.05, 4.69) is 67.8 Å². The van der Waals surface area contributed by atoms with Crippen molar-refractivity contribution in [3.05, 3.63) is 0 Å². The quantitative estimate of drug-likeness (QED) is 0.427. The predicted octanol–water partition coefficient (Wildman–Crippen LogP) is 2.97. The van der Waals surface area contributed by atoms with E-state index >= 15 is 0 Å². The number of hydrogen-bond acceptors (Lipinski definition) is 0. The molecule has 0 aliphatic heterocycles. The molecular weight excluding hydrogens is 405 g/mol. The maximum absolute atomic E-state index is 6.83. The van der Waals surface area contributed by atoms with Gasteiger partial charge in [-0.05, 0) is 6.90 Å². The van der Waals surface area contributed by atoms with Gasteiger partial charge >= 0.3 is 0 Å². The van der Waals surface area contributed by atoms with E-state index in [1.807, 2.05) is 0 Å². The molecule has 0 heterocycles. The van der Waals surface area contributed by atoms with Gasteiger partial charge in [0.05, 0.1) is 0 Å². The Morgan fingerprint density at radius 1 is 1.60 bits per heavy atom. The monoisotopic (exact) mass is 409 g/mol. The van der Waals surface area contributed by atoms with E-state index in [-0.39, 0.29) is -0.565 Å². The standard InChI is InChI=1S/C2H3I3/c1-2(3,4)5/h1H3/i1D. The van der Waals surface area contributed by atoms with E-state index in [9.17, 15) is 0 Å². The summed E-state index contributed by atoms with van der Waals surface area (Å²) in [6.45, 7) is 0.481. The van der Waals surface area contributed by atoms with E-state index < -0.39 is 0 Å². The molecule has 0 bridgehead atoms. The molecule has 5 heavy (non-hydrogen) atoms. The van der Waals surface area contributed by atoms with Crippen molar-refractivity contribution in [1.29, 1.82) is 0 Å². The first kappa shape index (κ1) is 5.33. The highest BCUT2D eigenvalue weighted by Gasteiger charge is 2.04. The van der Waals surface area contributed by atoms with Crippen LogP contribution >= 0.6 is 67.8 Å². The maximum Gasteiger partial charge on any atom is 0.121 e. The van der Waals surface area contributed by atoms with Crippen LogP contribution in [0.4, 0.5) is 0 Å². The third-order valence-corrected chi connectivity index (χ3v) is 0. The van der Waals surface area contributed by atoms with Crippen molar-refractivity contribution in [2.75, 3.05) is 0 Å². The summed E-state index contributed by atoms with van der Waals surface area (Å²) < 4.78 is 6.95. The normalized spacial score (nSPS) is 14.6. The van der Waals surface area contributed by atoms with E-state index in [4.69, 9.17) is 1.37 Å². The summed E-state index contributed by atoms with van der Waals surface area (Å²) in [5, 5.41) is 0. The molecule has 0 unspecified atom stereocenters. The second kappa shape index (κ2) is 2.49. The molecule has 0 rings (SSSR count). The zero-order valence-corrected chi connectivity index (χ0v) is 8.81. The van der Waals surface area contributed by atoms with Crippen molar-refractivity contribution in [1.82, 2.24) is 0 Å². The van der Waals surface area contributed by atoms with Gasteiger partial charge in [0.1, 0.15) is -0.565 Å². The Kier molecular flexibility index (Phi) is 2.65. The summed E-state index contributed by atoms with van der Waals surface area (Å²) in [5.74, 6) is 0. The molecule has 0 radical (unpaired) electrons. The molecule has 0 fully saturated rings. The molecule has 0 aliphatic rings. The summed E-state index contributed by atoms with van der Waals surface area (Å²) >= 11 is 6.68. The Morgan fingerprint density at radius 2 is 1.80 bits per heavy atom. The van der Waals surface area contributed by atoms with Gasteiger partial charge in [0.2, 0.25) is 0 Å². The van der Waals surface area contributed by atoms with Gasteiger partial charge in [0.25, 0.3) is 0 Å². The van der Waals surface area contributed by atoms with Crippen molar-refractivity contribution in [3.8, 4) is 0 Å². The number of rotatable bonds is 0. The van der Waals surface area contributed by atoms with Gasteiger partial charge in [-0.3, -0.25) is 0 Å². The summed E-state index contributed by atoms with van der Waals surface area (Å²) in [6, 6.07) is 0. The lowest BCUT2D eigenvalue weighted by Crippen LogP contribution is -1.82. The number of halogens is 3. The fourth-order valence-corrected chi connectivity index (χ4v) is 0. The van der Waals surface area contributed by atoms with Crippen molar-refractivity contribution >= 4 is 67.8 Å². The van der Waals surface area contributed by atoms with Gasteiger partial charge in [-0.1, -0.05) is 67.8 Å². The van der Waals surface area contributed by atoms with Crippen LogP contribution in [0.1, 0.15) is 8.27 Å². The Balaban J connectivity index is 3.17. The third-order valence-electron chi connectivity index (χ3n) is 0. The van der Waals surface area contributed by atoms with Crippen molar-refractivity contribution in [2.45, 2.75) is 6.33 Å². The average molecular weight is 409 g/mol. The van der Waals surface area contributed by atoms with E-state index in [0.29, 0.717) is 6.90 Å². The van der Waals surface area contributed by atoms with E-state index in [1.54, 1.807) is 0 Å². The average Bonchev–Trinajstić information content (AvgIpc) is 1.35. The molecule has 0 saturated heterocycles. The van der Waals surface area contributed by atoms with Crippen LogP contribution < -0.4 is 0 Å². The Hall–Kier alpha value is 2.19. The first-order chi connectivity index (χ1) is 2.56. The van der Waals surface area contributed by atoms with Gasteiger partial charge in [-0.2, -0.15) is 0 Å². The third kappa shape index (κ3) is 22.7. The summed E-state index contributed by atoms with van der Waals surface area (Å²) in [5.41, 5.74) is 0. The van der Waals surface area contributed by atoms with Crippen LogP contribution in [0.2, 0.25) is 0 Å². The van der Waals surface area contributed by atoms with Crippen LogP contribution in [-0.4, -0.2) is -0.565 Å². The molecule has 0 atom stereocenters. The lowest BCUT2D eigenvalue weighted by atomic mass is 11.0. The van der Waals surface area contributed by atoms with Crippen LogP contribution in [0.5, 0.6) is 0 Å². The molecule has 0 aromatic heterocycles. The molecule has 0 aromatic rings. The lowest BCUT2D eigenvalue weighted by Gasteiger charge is -1.96. The highest BCUT2D eigenvalue weighted by atomic mass is 127. The molecule has 32 valence electrons. The van der Waals surface area contributed by atoms with Crippen LogP contribution in [0.25, 0.3) is 0 Å². The van der Waals surface area contributed by atoms with Crippen molar-refractivity contribution in [2.24, 2.45) is 0 Å². The lowest BCUT2D eigenvalue weighted by molar-refractivity contribution is 1.50. The molecule has 0 amide bonds. The molecule has 0 saturated carbocycles. The van der Waals surface area contributed by atoms with Crippen molar-refractivity contribution in [3.63, 3.8) is 0 Å². The van der Waals surface area contributed by atoms with Crippen molar-refractivity contribution < 1.29 is 1.37 Å². The fourth-order valence-electron chi connectivity index (χ4n) is 0. The van der Waals surface area contributed by atoms with Gasteiger partial charge in [0.15, 0.2) is 0 Å². The Labute approximate surface area is 74.3 Å². The second-order valence-electron chi connectivity index (χ2n) is 0.615. The zero-order valence-electron chi connectivity index (χ0n) is 3.34. The largest absolute Gasteiger partial charge is 0.121 e. The highest BCUT2D eigenvalue weighted by molar-refractivity contribution is 14.3. The molecule has 0 nitrogen and oxygen atoms in total. The van der Waals surface area contributed by atoms with Crippen LogP contribution in [0.15, 0.2) is 0 Å².